The van der Waals surface area contributed by atoms with Crippen LogP contribution in [0.2, 0.25) is 0 Å². The van der Waals surface area contributed by atoms with E-state index in [4.69, 9.17) is 0 Å². The van der Waals surface area contributed by atoms with Crippen LogP contribution in [0.3, 0.4) is 0 Å². The summed E-state index contributed by atoms with van der Waals surface area (Å²) in [4.78, 5) is 15.1. The third kappa shape index (κ3) is 5.80. The Hall–Kier alpha value is -2.38. The number of nitrogens with one attached hydrogen (secondary N) is 1. The molecule has 1 radical (unpaired) electrons. The zero-order chi connectivity index (χ0) is 9.68. The van der Waals surface area contributed by atoms with Crippen LogP contribution in [-0.2, 0) is 11.2 Å². The zero-order valence-electron chi connectivity index (χ0n) is 9.13. The van der Waals surface area contributed by atoms with Crippen molar-refractivity contribution in [2.24, 2.45) is 0 Å². The molecule has 93 valence electrons. The fourth-order valence-corrected chi connectivity index (χ4v) is 1.00. The number of amides is 1. The largest absolute Gasteiger partial charge is 0.358 e. The van der Waals surface area contributed by atoms with E-state index in [1.807, 2.05) is 13.8 Å². The van der Waals surface area contributed by atoms with Crippen molar-refractivity contribution < 1.29 is 4.79 Å². The van der Waals surface area contributed by atoms with Gasteiger partial charge in [0, 0.05) is 12.5 Å². The summed E-state index contributed by atoms with van der Waals surface area (Å²) < 4.78 is 0. The number of nitrogens with zero attached hydrogens (tertiary/aromatic N) is 1. The first-order valence-electron chi connectivity index (χ1n) is 4.28. The van der Waals surface area contributed by atoms with Gasteiger partial charge in [-0.1, -0.05) is 12.4 Å². The second kappa shape index (κ2) is 7.06. The van der Waals surface area contributed by atoms with Crippen molar-refractivity contribution in [2.75, 3.05) is 0 Å². The molecule has 1 heterocycles. The molecule has 3 nitrogen and oxygen atoms in total. The topological polar surface area (TPSA) is 42.0 Å². The van der Waals surface area contributed by atoms with Gasteiger partial charge in [-0.2, -0.15) is 6.07 Å². The van der Waals surface area contributed by atoms with Gasteiger partial charge >= 0.3 is 0 Å². The van der Waals surface area contributed by atoms with Gasteiger partial charge in [0.2, 0.25) is 5.91 Å². The molecule has 0 saturated heterocycles. The monoisotopic (exact) mass is 454 g/mol. The Balaban J connectivity index is 0. The van der Waals surface area contributed by atoms with E-state index in [-0.39, 0.29) is 19.4 Å². The van der Waals surface area contributed by atoms with Crippen LogP contribution in [0.25, 0.3) is 0 Å². The Bertz CT molecular complexity index is 275. The molecule has 0 bridgehead atoms. The van der Waals surface area contributed by atoms with Gasteiger partial charge < -0.3 is 17.7 Å². The van der Waals surface area contributed by atoms with Gasteiger partial charge in [0.15, 0.2) is 0 Å². The van der Waals surface area contributed by atoms with Gasteiger partial charge in [-0.3, -0.25) is 4.79 Å². The van der Waals surface area contributed by atoms with Gasteiger partial charge in [-0.05, 0) is 13.8 Å². The molecule has 0 aromatic carbocycles. The van der Waals surface area contributed by atoms with Gasteiger partial charge in [0.25, 0.3) is 0 Å². The van der Waals surface area contributed by atoms with Crippen molar-refractivity contribution in [3.8, 4) is 0 Å². The summed E-state index contributed by atoms with van der Waals surface area (Å²) >= 11 is 0. The van der Waals surface area contributed by atoms with E-state index < -0.39 is 0 Å². The summed E-state index contributed by atoms with van der Waals surface area (Å²) in [5, 5.41) is 2.81. The van der Waals surface area contributed by atoms with E-state index in [9.17, 15) is 4.79 Å². The molecule has 1 rings (SSSR count). The normalized spacial score (nSPS) is 8.73. The van der Waals surface area contributed by atoms with Crippen molar-refractivity contribution in [1.29, 1.82) is 0 Å². The first-order valence-corrected chi connectivity index (χ1v) is 4.28. The molecule has 0 aliphatic heterocycles. The Morgan fingerprint density at radius 3 is 2.73 bits per heavy atom. The maximum Gasteiger partial charge on any atom is 0.221 e. The Kier molecular flexibility index (Phi) is 7.12. The summed E-state index contributed by atoms with van der Waals surface area (Å²) in [6.07, 6.45) is 3.60. The number of hydrogen-bond donors (Lipinski definition) is 1. The molecule has 0 aliphatic carbocycles. The minimum absolute atomic E-state index is 0. The molecular weight excluding hydrogens is 438 g/mol. The molecule has 1 aromatic rings. The average Bonchev–Trinajstić information content (AvgIpc) is 2.04. The van der Waals surface area contributed by atoms with Crippen molar-refractivity contribution in [3.05, 3.63) is 37.5 Å². The minimum Gasteiger partial charge on any atom is -0.358 e. The van der Waals surface area contributed by atoms with Crippen LogP contribution in [0, 0.1) is 13.5 Å². The first-order chi connectivity index (χ1) is 6.18. The third-order valence-electron chi connectivity index (χ3n) is 1.49. The molecule has 1 N–H and O–H groups in total. The van der Waals surface area contributed by atoms with Crippen molar-refractivity contribution in [1.82, 2.24) is 10.3 Å². The van der Waals surface area contributed by atoms with E-state index in [1.165, 1.54) is 0 Å². The Morgan fingerprint density at radius 2 is 2.27 bits per heavy atom. The number of hydrogen-bond acceptors (Lipinski definition) is 2. The third-order valence-corrected chi connectivity index (χ3v) is 1.49. The van der Waals surface area contributed by atoms with Crippen LogP contribution >= 0.6 is 0 Å². The van der Waals surface area contributed by atoms with Crippen LogP contribution in [0.4, 0.5) is 0 Å². The van der Waals surface area contributed by atoms with E-state index in [2.05, 4.69) is 16.4 Å². The first kappa shape index (κ1) is 15.1. The summed E-state index contributed by atoms with van der Waals surface area (Å²) in [7, 11) is 0. The summed E-state index contributed by atoms with van der Waals surface area (Å²) in [5.41, 5.74) is 0.869. The van der Waals surface area contributed by atoms with E-state index in [0.29, 0.717) is 6.42 Å². The molecule has 0 saturated carbocycles. The van der Waals surface area contributed by atoms with E-state index >= 15 is 0 Å². The molecule has 1 amide bonds. The van der Waals surface area contributed by atoms with Crippen LogP contribution < -0.4 is 5.32 Å². The van der Waals surface area contributed by atoms with Crippen LogP contribution in [0.5, 0.6) is 0 Å². The average molecular weight is 454 g/mol. The van der Waals surface area contributed by atoms with E-state index in [1.54, 1.807) is 18.5 Å². The van der Waals surface area contributed by atoms with Crippen LogP contribution in [-0.4, -0.2) is 16.9 Å². The molecule has 15 heavy (non-hydrogen) atoms. The standard InChI is InChI=1S/C10H13N2O.CH3.Lr/c1-8(2)12-10(13)7-9-3-5-11-6-4-9;;/h3,5-6,8H,7H2,1-2H3,(H,12,13);1H3;/q2*-1;. The molecule has 0 spiro atoms. The molecule has 0 fully saturated rings. The molecule has 0 atom stereocenters. The molecule has 1 aromatic heterocycles. The summed E-state index contributed by atoms with van der Waals surface area (Å²) in [6, 6.07) is 4.88. The quantitative estimate of drug-likeness (QED) is 0.703. The van der Waals surface area contributed by atoms with Crippen molar-refractivity contribution in [2.45, 2.75) is 26.3 Å². The maximum atomic E-state index is 11.3. The van der Waals surface area contributed by atoms with Gasteiger partial charge in [-0.25, -0.2) is 11.6 Å². The number of pyridine rings is 1. The van der Waals surface area contributed by atoms with E-state index in [0.717, 1.165) is 5.56 Å². The van der Waals surface area contributed by atoms with Gasteiger partial charge in [0.05, 0.1) is 0 Å². The number of aromatic nitrogens is 1. The summed E-state index contributed by atoms with van der Waals surface area (Å²) in [5.74, 6) is 0.0254. The Labute approximate surface area is 85.6 Å². The van der Waals surface area contributed by atoms with Gasteiger partial charge in [-0.15, -0.1) is 0 Å². The molecular formula is C11H16LrN2O-2. The number of rotatable bonds is 3. The van der Waals surface area contributed by atoms with Crippen LogP contribution in [0.15, 0.2) is 18.5 Å². The molecule has 0 unspecified atom stereocenters. The molecule has 0 aliphatic rings. The second-order valence-corrected chi connectivity index (χ2v) is 3.16. The second-order valence-electron chi connectivity index (χ2n) is 3.16. The number of carbonyl (C=O) groups is 1. The number of carbonyl (C=O) groups excluding carboxylic acids is 1. The molecule has 4 heteroatoms. The smallest absolute Gasteiger partial charge is 0.221 e. The zero-order valence-corrected chi connectivity index (χ0v) is 11.3. The van der Waals surface area contributed by atoms with Gasteiger partial charge in [0.1, 0.15) is 0 Å². The van der Waals surface area contributed by atoms with Crippen molar-refractivity contribution >= 4 is 5.91 Å². The van der Waals surface area contributed by atoms with Crippen LogP contribution in [0.1, 0.15) is 19.4 Å². The Morgan fingerprint density at radius 1 is 1.60 bits per heavy atom. The summed E-state index contributed by atoms with van der Waals surface area (Å²) in [6.45, 7) is 3.88. The fourth-order valence-electron chi connectivity index (χ4n) is 1.00. The predicted molar refractivity (Wildman–Crippen MR) is 56.5 cm³/mol. The van der Waals surface area contributed by atoms with Crippen molar-refractivity contribution in [3.63, 3.8) is 0 Å². The minimum atomic E-state index is 0. The predicted octanol–water partition coefficient (Wildman–Crippen LogP) is 1.40. The SMILES string of the molecule is CC(C)NC(=O)Cc1[c-]cncc1.[CH3-].[Lr]. The fraction of sp³-hybridized carbons (Fsp3) is 0.364. The maximum absolute atomic E-state index is 11.3.